The van der Waals surface area contributed by atoms with E-state index in [4.69, 9.17) is 4.74 Å². The fourth-order valence-electron chi connectivity index (χ4n) is 2.06. The highest BCUT2D eigenvalue weighted by molar-refractivity contribution is 5.80. The molecular formula is C16H17N3O4. The maximum Gasteiger partial charge on any atom is 0.272 e. The van der Waals surface area contributed by atoms with Crippen molar-refractivity contribution in [3.63, 3.8) is 0 Å². The van der Waals surface area contributed by atoms with Crippen LogP contribution in [0.25, 0.3) is 0 Å². The van der Waals surface area contributed by atoms with E-state index in [9.17, 15) is 15.2 Å². The first-order valence-corrected chi connectivity index (χ1v) is 6.88. The van der Waals surface area contributed by atoms with Gasteiger partial charge in [0.1, 0.15) is 0 Å². The number of ether oxygens (including phenoxy) is 1. The normalized spacial score (nSPS) is 10.7. The molecule has 23 heavy (non-hydrogen) atoms. The Bertz CT molecular complexity index is 744. The van der Waals surface area contributed by atoms with Crippen molar-refractivity contribution in [2.24, 2.45) is 5.10 Å². The number of hydrogen-bond donors (Lipinski definition) is 2. The van der Waals surface area contributed by atoms with Gasteiger partial charge in [-0.1, -0.05) is 6.07 Å². The molecule has 120 valence electrons. The van der Waals surface area contributed by atoms with E-state index in [1.54, 1.807) is 37.4 Å². The van der Waals surface area contributed by atoms with Crippen molar-refractivity contribution in [3.8, 4) is 11.5 Å². The molecule has 2 aromatic carbocycles. The summed E-state index contributed by atoms with van der Waals surface area (Å²) in [7, 11) is 1.48. The summed E-state index contributed by atoms with van der Waals surface area (Å²) in [4.78, 5) is 10.4. The largest absolute Gasteiger partial charge is 0.504 e. The summed E-state index contributed by atoms with van der Waals surface area (Å²) < 4.78 is 5.02. The molecule has 2 rings (SSSR count). The van der Waals surface area contributed by atoms with Crippen LogP contribution in [-0.4, -0.2) is 23.4 Å². The van der Waals surface area contributed by atoms with Crippen LogP contribution in [0, 0.1) is 17.0 Å². The van der Waals surface area contributed by atoms with E-state index >= 15 is 0 Å². The van der Waals surface area contributed by atoms with E-state index in [1.165, 1.54) is 19.2 Å². The summed E-state index contributed by atoms with van der Waals surface area (Å²) in [5, 5.41) is 24.4. The number of nitrogens with zero attached hydrogens (tertiary/aromatic N) is 2. The van der Waals surface area contributed by atoms with E-state index < -0.39 is 4.92 Å². The quantitative estimate of drug-likeness (QED) is 0.485. The third-order valence-corrected chi connectivity index (χ3v) is 3.25. The van der Waals surface area contributed by atoms with Crippen LogP contribution in [0.15, 0.2) is 41.5 Å². The highest BCUT2D eigenvalue weighted by Crippen LogP contribution is 2.25. The number of rotatable bonds is 6. The summed E-state index contributed by atoms with van der Waals surface area (Å²) in [5.41, 5.74) is 5.26. The van der Waals surface area contributed by atoms with E-state index in [2.05, 4.69) is 10.5 Å². The van der Waals surface area contributed by atoms with Crippen molar-refractivity contribution in [1.29, 1.82) is 0 Å². The van der Waals surface area contributed by atoms with Gasteiger partial charge in [-0.05, 0) is 42.3 Å². The number of benzene rings is 2. The molecule has 0 spiro atoms. The number of hydrogen-bond acceptors (Lipinski definition) is 6. The lowest BCUT2D eigenvalue weighted by Crippen LogP contribution is -2.06. The molecule has 7 heteroatoms. The Morgan fingerprint density at radius 2 is 2.13 bits per heavy atom. The van der Waals surface area contributed by atoms with Crippen molar-refractivity contribution in [2.45, 2.75) is 13.5 Å². The number of nitro benzene ring substituents is 1. The molecule has 0 aliphatic heterocycles. The number of phenolic OH excluding ortho intramolecular Hbond substituents is 1. The average Bonchev–Trinajstić information content (AvgIpc) is 2.52. The Labute approximate surface area is 133 Å². The van der Waals surface area contributed by atoms with Gasteiger partial charge in [-0.2, -0.15) is 5.10 Å². The van der Waals surface area contributed by atoms with Crippen LogP contribution in [-0.2, 0) is 6.54 Å². The Balaban J connectivity index is 1.97. The lowest BCUT2D eigenvalue weighted by atomic mass is 10.1. The van der Waals surface area contributed by atoms with Gasteiger partial charge in [0.25, 0.3) is 5.69 Å². The zero-order chi connectivity index (χ0) is 16.8. The Kier molecular flexibility index (Phi) is 5.14. The van der Waals surface area contributed by atoms with Gasteiger partial charge in [-0.25, -0.2) is 0 Å². The number of phenols is 1. The molecule has 0 saturated heterocycles. The number of hydrazone groups is 1. The van der Waals surface area contributed by atoms with E-state index in [-0.39, 0.29) is 11.4 Å². The molecule has 0 heterocycles. The highest BCUT2D eigenvalue weighted by atomic mass is 16.6. The molecule has 2 aromatic rings. The zero-order valence-electron chi connectivity index (χ0n) is 12.8. The summed E-state index contributed by atoms with van der Waals surface area (Å²) in [6, 6.07) is 9.83. The molecule has 0 aromatic heterocycles. The SMILES string of the molecule is COc1cc(C=NNCc2ccc([N+](=O)[O-])c(C)c2)ccc1O. The van der Waals surface area contributed by atoms with Crippen molar-refractivity contribution in [2.75, 3.05) is 7.11 Å². The minimum Gasteiger partial charge on any atom is -0.504 e. The molecule has 0 atom stereocenters. The third kappa shape index (κ3) is 4.19. The van der Waals surface area contributed by atoms with Gasteiger partial charge in [-0.15, -0.1) is 0 Å². The van der Waals surface area contributed by atoms with Gasteiger partial charge >= 0.3 is 0 Å². The van der Waals surface area contributed by atoms with Gasteiger partial charge in [0.15, 0.2) is 11.5 Å². The van der Waals surface area contributed by atoms with Gasteiger partial charge in [0.05, 0.1) is 24.8 Å². The second kappa shape index (κ2) is 7.26. The molecule has 0 fully saturated rings. The van der Waals surface area contributed by atoms with Crippen LogP contribution >= 0.6 is 0 Å². The van der Waals surface area contributed by atoms with E-state index in [0.717, 1.165) is 11.1 Å². The smallest absolute Gasteiger partial charge is 0.272 e. The van der Waals surface area contributed by atoms with Crippen LogP contribution in [0.4, 0.5) is 5.69 Å². The predicted octanol–water partition coefficient (Wildman–Crippen LogP) is 2.74. The minimum atomic E-state index is -0.400. The first-order chi connectivity index (χ1) is 11.0. The second-order valence-electron chi connectivity index (χ2n) is 4.90. The Morgan fingerprint density at radius 1 is 1.35 bits per heavy atom. The summed E-state index contributed by atoms with van der Waals surface area (Å²) >= 11 is 0. The van der Waals surface area contributed by atoms with Crippen LogP contribution in [0.2, 0.25) is 0 Å². The fraction of sp³-hybridized carbons (Fsp3) is 0.188. The van der Waals surface area contributed by atoms with Gasteiger partial charge in [0, 0.05) is 11.6 Å². The topological polar surface area (TPSA) is 97.0 Å². The van der Waals surface area contributed by atoms with Crippen molar-refractivity contribution >= 4 is 11.9 Å². The molecule has 0 saturated carbocycles. The Hall–Kier alpha value is -3.09. The summed E-state index contributed by atoms with van der Waals surface area (Å²) in [5.74, 6) is 0.443. The molecule has 7 nitrogen and oxygen atoms in total. The monoisotopic (exact) mass is 315 g/mol. The van der Waals surface area contributed by atoms with Gasteiger partial charge < -0.3 is 15.3 Å². The Morgan fingerprint density at radius 3 is 2.78 bits per heavy atom. The minimum absolute atomic E-state index is 0.0685. The fourth-order valence-corrected chi connectivity index (χ4v) is 2.06. The van der Waals surface area contributed by atoms with Crippen molar-refractivity contribution in [1.82, 2.24) is 5.43 Å². The zero-order valence-corrected chi connectivity index (χ0v) is 12.8. The number of methoxy groups -OCH3 is 1. The number of nitrogens with one attached hydrogen (secondary N) is 1. The standard InChI is InChI=1S/C16H17N3O4/c1-11-7-12(3-5-14(11)19(21)22)9-17-18-10-13-4-6-15(20)16(8-13)23-2/h3-8,10,17,20H,9H2,1-2H3. The molecule has 0 aliphatic rings. The summed E-state index contributed by atoms with van der Waals surface area (Å²) in [6.45, 7) is 2.15. The second-order valence-corrected chi connectivity index (χ2v) is 4.90. The van der Waals surface area contributed by atoms with Crippen LogP contribution in [0.5, 0.6) is 11.5 Å². The summed E-state index contributed by atoms with van der Waals surface area (Å²) in [6.07, 6.45) is 1.60. The van der Waals surface area contributed by atoms with Crippen molar-refractivity contribution < 1.29 is 14.8 Å². The average molecular weight is 315 g/mol. The number of nitro groups is 1. The van der Waals surface area contributed by atoms with E-state index in [1.807, 2.05) is 0 Å². The lowest BCUT2D eigenvalue weighted by Gasteiger charge is -2.04. The molecular weight excluding hydrogens is 298 g/mol. The van der Waals surface area contributed by atoms with Crippen LogP contribution < -0.4 is 10.2 Å². The predicted molar refractivity (Wildman–Crippen MR) is 86.9 cm³/mol. The number of aryl methyl sites for hydroxylation is 1. The van der Waals surface area contributed by atoms with Gasteiger partial charge in [-0.3, -0.25) is 10.1 Å². The molecule has 0 aliphatic carbocycles. The molecule has 2 N–H and O–H groups in total. The maximum absolute atomic E-state index is 10.8. The van der Waals surface area contributed by atoms with Crippen LogP contribution in [0.1, 0.15) is 16.7 Å². The van der Waals surface area contributed by atoms with Crippen LogP contribution in [0.3, 0.4) is 0 Å². The van der Waals surface area contributed by atoms with Crippen molar-refractivity contribution in [3.05, 3.63) is 63.2 Å². The first-order valence-electron chi connectivity index (χ1n) is 6.88. The maximum atomic E-state index is 10.8. The molecule has 0 unspecified atom stereocenters. The highest BCUT2D eigenvalue weighted by Gasteiger charge is 2.09. The number of aromatic hydroxyl groups is 1. The lowest BCUT2D eigenvalue weighted by molar-refractivity contribution is -0.385. The molecule has 0 amide bonds. The molecule has 0 bridgehead atoms. The third-order valence-electron chi connectivity index (χ3n) is 3.25. The first kappa shape index (κ1) is 16.3. The molecule has 0 radical (unpaired) electrons. The van der Waals surface area contributed by atoms with Gasteiger partial charge in [0.2, 0.25) is 0 Å². The van der Waals surface area contributed by atoms with E-state index in [0.29, 0.717) is 17.9 Å².